The molecule has 4 nitrogen and oxygen atoms in total. The Morgan fingerprint density at radius 2 is 2.50 bits per heavy atom. The summed E-state index contributed by atoms with van der Waals surface area (Å²) in [6.07, 6.45) is -0.296. The molecule has 1 unspecified atom stereocenters. The van der Waals surface area contributed by atoms with Crippen LogP contribution in [-0.2, 0) is 14.3 Å². The van der Waals surface area contributed by atoms with E-state index in [0.717, 1.165) is 0 Å². The number of carbonyl (C=O) groups excluding carboxylic acids is 1. The smallest absolute Gasteiger partial charge is 0.229 e. The first-order valence-corrected chi connectivity index (χ1v) is 4.21. The fourth-order valence-corrected chi connectivity index (χ4v) is 1.72. The molecule has 2 aliphatic heterocycles. The predicted octanol–water partition coefficient (Wildman–Crippen LogP) is -0.158. The van der Waals surface area contributed by atoms with Crippen molar-refractivity contribution in [2.24, 2.45) is 0 Å². The van der Waals surface area contributed by atoms with Gasteiger partial charge in [0.15, 0.2) is 5.78 Å². The number of carbonyl (C=O) groups is 1. The van der Waals surface area contributed by atoms with Crippen LogP contribution in [-0.4, -0.2) is 35.5 Å². The van der Waals surface area contributed by atoms with E-state index in [-0.39, 0.29) is 18.3 Å². The first-order chi connectivity index (χ1) is 5.68. The maximum Gasteiger partial charge on any atom is 0.229 e. The first-order valence-electron chi connectivity index (χ1n) is 4.21. The van der Waals surface area contributed by atoms with Crippen molar-refractivity contribution in [3.8, 4) is 0 Å². The highest BCUT2D eigenvalue weighted by atomic mass is 16.8. The molecule has 0 amide bonds. The zero-order chi connectivity index (χ0) is 8.77. The average molecular weight is 172 g/mol. The van der Waals surface area contributed by atoms with Crippen LogP contribution in [0.4, 0.5) is 0 Å². The average Bonchev–Trinajstić information content (AvgIpc) is 2.44. The number of fused-ring (bicyclic) bond motifs is 2. The molecule has 0 aromatic carbocycles. The van der Waals surface area contributed by atoms with Gasteiger partial charge in [-0.3, -0.25) is 4.79 Å². The fourth-order valence-electron chi connectivity index (χ4n) is 1.72. The van der Waals surface area contributed by atoms with Crippen LogP contribution < -0.4 is 0 Å². The van der Waals surface area contributed by atoms with Crippen molar-refractivity contribution in [2.45, 2.75) is 37.8 Å². The van der Waals surface area contributed by atoms with E-state index >= 15 is 0 Å². The van der Waals surface area contributed by atoms with E-state index in [9.17, 15) is 9.90 Å². The Labute approximate surface area is 70.5 Å². The van der Waals surface area contributed by atoms with E-state index in [0.29, 0.717) is 13.0 Å². The van der Waals surface area contributed by atoms with Crippen molar-refractivity contribution in [1.29, 1.82) is 0 Å². The summed E-state index contributed by atoms with van der Waals surface area (Å²) in [4.78, 5) is 11.4. The highest BCUT2D eigenvalue weighted by molar-refractivity contribution is 5.87. The lowest BCUT2D eigenvalue weighted by atomic mass is 9.98. The van der Waals surface area contributed by atoms with Gasteiger partial charge in [0, 0.05) is 12.8 Å². The molecular weight excluding hydrogens is 160 g/mol. The van der Waals surface area contributed by atoms with Gasteiger partial charge in [0.25, 0.3) is 0 Å². The van der Waals surface area contributed by atoms with E-state index < -0.39 is 11.9 Å². The van der Waals surface area contributed by atoms with Gasteiger partial charge >= 0.3 is 0 Å². The van der Waals surface area contributed by atoms with Crippen molar-refractivity contribution < 1.29 is 19.4 Å². The summed E-state index contributed by atoms with van der Waals surface area (Å²) in [6, 6.07) is 0. The largest absolute Gasteiger partial charge is 0.390 e. The van der Waals surface area contributed by atoms with Gasteiger partial charge in [-0.1, -0.05) is 6.92 Å². The lowest BCUT2D eigenvalue weighted by molar-refractivity contribution is -0.205. The molecule has 2 bridgehead atoms. The Morgan fingerprint density at radius 3 is 3.17 bits per heavy atom. The minimum absolute atomic E-state index is 0.133. The van der Waals surface area contributed by atoms with E-state index in [1.807, 2.05) is 6.92 Å². The van der Waals surface area contributed by atoms with E-state index in [4.69, 9.17) is 9.47 Å². The molecule has 2 aliphatic rings. The summed E-state index contributed by atoms with van der Waals surface area (Å²) in [6.45, 7) is 2.18. The van der Waals surface area contributed by atoms with Gasteiger partial charge in [0.05, 0.1) is 12.7 Å². The van der Waals surface area contributed by atoms with E-state index in [1.54, 1.807) is 0 Å². The number of hydrogen-bond acceptors (Lipinski definition) is 4. The van der Waals surface area contributed by atoms with Crippen LogP contribution >= 0.6 is 0 Å². The molecule has 2 rings (SSSR count). The molecule has 0 aromatic rings. The third-order valence-electron chi connectivity index (χ3n) is 2.54. The van der Waals surface area contributed by atoms with Crippen LogP contribution in [0.2, 0.25) is 0 Å². The minimum Gasteiger partial charge on any atom is -0.390 e. The normalized spacial score (nSPS) is 46.7. The second-order valence-corrected chi connectivity index (χ2v) is 3.27. The molecule has 3 atom stereocenters. The minimum atomic E-state index is -1.02. The van der Waals surface area contributed by atoms with Crippen LogP contribution in [0.25, 0.3) is 0 Å². The van der Waals surface area contributed by atoms with E-state index in [2.05, 4.69) is 0 Å². The second-order valence-electron chi connectivity index (χ2n) is 3.27. The zero-order valence-electron chi connectivity index (χ0n) is 6.95. The monoisotopic (exact) mass is 172 g/mol. The molecule has 0 radical (unpaired) electrons. The molecule has 0 aliphatic carbocycles. The molecule has 0 spiro atoms. The van der Waals surface area contributed by atoms with Crippen molar-refractivity contribution in [2.75, 3.05) is 6.61 Å². The molecule has 0 saturated carbocycles. The Bertz CT molecular complexity index is 215. The Hall–Kier alpha value is -0.450. The lowest BCUT2D eigenvalue weighted by Gasteiger charge is -2.31. The Kier molecular flexibility index (Phi) is 1.71. The summed E-state index contributed by atoms with van der Waals surface area (Å²) in [5.74, 6) is -1.16. The number of rotatable bonds is 1. The molecule has 2 fully saturated rings. The van der Waals surface area contributed by atoms with Crippen LogP contribution in [0.1, 0.15) is 19.8 Å². The number of ketones is 1. The maximum absolute atomic E-state index is 11.4. The lowest BCUT2D eigenvalue weighted by Crippen LogP contribution is -2.48. The fraction of sp³-hybridized carbons (Fsp3) is 0.875. The number of aliphatic hydroxyl groups excluding tert-OH is 1. The Balaban J connectivity index is 2.24. The molecule has 68 valence electrons. The molecule has 4 heteroatoms. The highest BCUT2D eigenvalue weighted by Gasteiger charge is 2.53. The van der Waals surface area contributed by atoms with Gasteiger partial charge in [-0.05, 0) is 0 Å². The summed E-state index contributed by atoms with van der Waals surface area (Å²) < 4.78 is 10.6. The second kappa shape index (κ2) is 2.52. The van der Waals surface area contributed by atoms with E-state index in [1.165, 1.54) is 0 Å². The SMILES string of the molecule is CC[C@]12OC[C@H](O1)C(O)CC2=O. The van der Waals surface area contributed by atoms with Gasteiger partial charge in [0.2, 0.25) is 5.79 Å². The summed E-state index contributed by atoms with van der Waals surface area (Å²) in [5.41, 5.74) is 0. The maximum atomic E-state index is 11.4. The van der Waals surface area contributed by atoms with Crippen molar-refractivity contribution in [3.63, 3.8) is 0 Å². The van der Waals surface area contributed by atoms with Crippen LogP contribution in [0, 0.1) is 0 Å². The molecule has 2 saturated heterocycles. The summed E-state index contributed by atoms with van der Waals surface area (Å²) in [7, 11) is 0. The predicted molar refractivity (Wildman–Crippen MR) is 39.5 cm³/mol. The summed E-state index contributed by atoms with van der Waals surface area (Å²) in [5, 5.41) is 9.35. The number of ether oxygens (including phenoxy) is 2. The van der Waals surface area contributed by atoms with Gasteiger partial charge in [-0.2, -0.15) is 0 Å². The Morgan fingerprint density at radius 1 is 1.75 bits per heavy atom. The van der Waals surface area contributed by atoms with Gasteiger partial charge in [0.1, 0.15) is 6.10 Å². The van der Waals surface area contributed by atoms with Crippen molar-refractivity contribution in [3.05, 3.63) is 0 Å². The summed E-state index contributed by atoms with van der Waals surface area (Å²) >= 11 is 0. The quantitative estimate of drug-likeness (QED) is 0.597. The third-order valence-corrected chi connectivity index (χ3v) is 2.54. The number of Topliss-reactive ketones (excluding diaryl/α,β-unsaturated/α-hetero) is 1. The standard InChI is InChI=1S/C8H12O4/c1-2-8-7(10)3-5(9)6(12-8)4-11-8/h5-6,9H,2-4H2,1H3/t5?,6-,8-/m0/s1. The number of aliphatic hydroxyl groups is 1. The number of hydrogen-bond donors (Lipinski definition) is 1. The zero-order valence-corrected chi connectivity index (χ0v) is 6.95. The van der Waals surface area contributed by atoms with Crippen LogP contribution in [0.3, 0.4) is 0 Å². The topological polar surface area (TPSA) is 55.8 Å². The van der Waals surface area contributed by atoms with Crippen LogP contribution in [0.5, 0.6) is 0 Å². The molecule has 1 N–H and O–H groups in total. The van der Waals surface area contributed by atoms with Gasteiger partial charge < -0.3 is 14.6 Å². The molecule has 12 heavy (non-hydrogen) atoms. The van der Waals surface area contributed by atoms with Gasteiger partial charge in [-0.25, -0.2) is 0 Å². The van der Waals surface area contributed by atoms with Crippen molar-refractivity contribution >= 4 is 5.78 Å². The third kappa shape index (κ3) is 0.920. The van der Waals surface area contributed by atoms with Gasteiger partial charge in [-0.15, -0.1) is 0 Å². The molecule has 2 heterocycles. The highest BCUT2D eigenvalue weighted by Crippen LogP contribution is 2.35. The first kappa shape index (κ1) is 8.16. The molecule has 0 aromatic heterocycles. The van der Waals surface area contributed by atoms with Crippen molar-refractivity contribution in [1.82, 2.24) is 0 Å². The van der Waals surface area contributed by atoms with Crippen LogP contribution in [0.15, 0.2) is 0 Å². The molecular formula is C8H12O4.